The van der Waals surface area contributed by atoms with Crippen LogP contribution >= 0.6 is 15.9 Å². The number of imidazole rings is 1. The van der Waals surface area contributed by atoms with Gasteiger partial charge in [-0.3, -0.25) is 0 Å². The van der Waals surface area contributed by atoms with Gasteiger partial charge in [-0.2, -0.15) is 0 Å². The Balaban J connectivity index is 2.18. The third-order valence-corrected chi connectivity index (χ3v) is 2.96. The van der Waals surface area contributed by atoms with Crippen LogP contribution in [0.5, 0.6) is 0 Å². The Hall–Kier alpha value is -1.88. The maximum Gasteiger partial charge on any atom is 0.180 e. The van der Waals surface area contributed by atoms with Crippen LogP contribution in [0, 0.1) is 0 Å². The molecule has 0 aliphatic rings. The molecule has 3 rings (SSSR count). The largest absolute Gasteiger partial charge is 0.384 e. The predicted octanol–water partition coefficient (Wildman–Crippen LogP) is 2.97. The third-order valence-electron chi connectivity index (χ3n) is 2.47. The van der Waals surface area contributed by atoms with E-state index in [1.54, 1.807) is 6.07 Å². The first-order valence-corrected chi connectivity index (χ1v) is 5.90. The number of fused-ring (bicyclic) bond motifs is 1. The van der Waals surface area contributed by atoms with Crippen LogP contribution < -0.4 is 5.73 Å². The molecule has 0 bridgehead atoms. The molecule has 0 saturated carbocycles. The molecule has 3 aromatic rings. The van der Waals surface area contributed by atoms with Gasteiger partial charge in [0.05, 0.1) is 5.52 Å². The van der Waals surface area contributed by atoms with Crippen LogP contribution in [0.3, 0.4) is 0 Å². The topological polar surface area (TPSA) is 67.6 Å². The molecular weight excluding hydrogens is 280 g/mol. The van der Waals surface area contributed by atoms with E-state index in [9.17, 15) is 0 Å². The SMILES string of the molecule is Nc1ccc2[nH]c(-c3cccc(Br)c3)nc2n1. The van der Waals surface area contributed by atoms with Gasteiger partial charge in [-0.15, -0.1) is 0 Å². The molecule has 4 nitrogen and oxygen atoms in total. The number of nitrogen functional groups attached to an aromatic ring is 1. The third kappa shape index (κ3) is 1.89. The zero-order valence-corrected chi connectivity index (χ0v) is 10.4. The van der Waals surface area contributed by atoms with E-state index in [2.05, 4.69) is 30.9 Å². The number of nitrogens with zero attached hydrogens (tertiary/aromatic N) is 2. The summed E-state index contributed by atoms with van der Waals surface area (Å²) < 4.78 is 1.02. The molecule has 5 heteroatoms. The first-order chi connectivity index (χ1) is 8.22. The molecule has 1 aromatic carbocycles. The number of benzene rings is 1. The number of aromatic nitrogens is 3. The molecule has 0 atom stereocenters. The Bertz CT molecular complexity index is 690. The highest BCUT2D eigenvalue weighted by atomic mass is 79.9. The van der Waals surface area contributed by atoms with Crippen LogP contribution in [0.1, 0.15) is 0 Å². The fourth-order valence-electron chi connectivity index (χ4n) is 1.68. The van der Waals surface area contributed by atoms with Gasteiger partial charge < -0.3 is 10.7 Å². The predicted molar refractivity (Wildman–Crippen MR) is 71.4 cm³/mol. The molecule has 0 amide bonds. The van der Waals surface area contributed by atoms with Crippen LogP contribution in [0.2, 0.25) is 0 Å². The minimum atomic E-state index is 0.477. The first-order valence-electron chi connectivity index (χ1n) is 5.10. The molecule has 0 aliphatic heterocycles. The van der Waals surface area contributed by atoms with Gasteiger partial charge in [-0.25, -0.2) is 9.97 Å². The summed E-state index contributed by atoms with van der Waals surface area (Å²) >= 11 is 3.44. The average molecular weight is 289 g/mol. The van der Waals surface area contributed by atoms with Gasteiger partial charge in [0.15, 0.2) is 5.65 Å². The smallest absolute Gasteiger partial charge is 0.180 e. The van der Waals surface area contributed by atoms with Gasteiger partial charge >= 0.3 is 0 Å². The zero-order chi connectivity index (χ0) is 11.8. The average Bonchev–Trinajstić information content (AvgIpc) is 2.72. The van der Waals surface area contributed by atoms with Crippen molar-refractivity contribution in [2.75, 3.05) is 5.73 Å². The molecule has 0 unspecified atom stereocenters. The lowest BCUT2D eigenvalue weighted by atomic mass is 10.2. The van der Waals surface area contributed by atoms with Crippen molar-refractivity contribution in [2.45, 2.75) is 0 Å². The van der Waals surface area contributed by atoms with Crippen molar-refractivity contribution < 1.29 is 0 Å². The van der Waals surface area contributed by atoms with Crippen LogP contribution in [0.4, 0.5) is 5.82 Å². The summed E-state index contributed by atoms with van der Waals surface area (Å²) in [6.07, 6.45) is 0. The standard InChI is InChI=1S/C12H9BrN4/c13-8-3-1-2-7(6-8)11-15-9-4-5-10(14)16-12(9)17-11/h1-6H,(H3,14,15,16,17). The van der Waals surface area contributed by atoms with Crippen LogP contribution in [0.15, 0.2) is 40.9 Å². The molecule has 0 aliphatic carbocycles. The Morgan fingerprint density at radius 1 is 1.12 bits per heavy atom. The van der Waals surface area contributed by atoms with Crippen molar-refractivity contribution in [1.82, 2.24) is 15.0 Å². The first kappa shape index (κ1) is 10.3. The number of hydrogen-bond donors (Lipinski definition) is 2. The van der Waals surface area contributed by atoms with Gasteiger partial charge in [-0.1, -0.05) is 28.1 Å². The molecule has 0 saturated heterocycles. The number of hydrogen-bond acceptors (Lipinski definition) is 3. The highest BCUT2D eigenvalue weighted by molar-refractivity contribution is 9.10. The summed E-state index contributed by atoms with van der Waals surface area (Å²) in [6, 6.07) is 11.6. The lowest BCUT2D eigenvalue weighted by molar-refractivity contribution is 1.30. The van der Waals surface area contributed by atoms with Crippen LogP contribution in [-0.2, 0) is 0 Å². The van der Waals surface area contributed by atoms with Crippen molar-refractivity contribution in [1.29, 1.82) is 0 Å². The van der Waals surface area contributed by atoms with E-state index in [1.807, 2.05) is 30.3 Å². The van der Waals surface area contributed by atoms with Crippen molar-refractivity contribution in [3.63, 3.8) is 0 Å². The quantitative estimate of drug-likeness (QED) is 0.723. The van der Waals surface area contributed by atoms with E-state index in [-0.39, 0.29) is 0 Å². The van der Waals surface area contributed by atoms with E-state index in [0.717, 1.165) is 21.4 Å². The van der Waals surface area contributed by atoms with Crippen molar-refractivity contribution in [2.24, 2.45) is 0 Å². The summed E-state index contributed by atoms with van der Waals surface area (Å²) in [4.78, 5) is 11.8. The maximum absolute atomic E-state index is 5.62. The van der Waals surface area contributed by atoms with Crippen molar-refractivity contribution >= 4 is 32.9 Å². The fourth-order valence-corrected chi connectivity index (χ4v) is 2.08. The Morgan fingerprint density at radius 2 is 2.00 bits per heavy atom. The lowest BCUT2D eigenvalue weighted by Gasteiger charge is -1.96. The lowest BCUT2D eigenvalue weighted by Crippen LogP contribution is -1.88. The molecule has 3 N–H and O–H groups in total. The van der Waals surface area contributed by atoms with E-state index in [1.165, 1.54) is 0 Å². The van der Waals surface area contributed by atoms with Gasteiger partial charge in [-0.05, 0) is 24.3 Å². The molecule has 17 heavy (non-hydrogen) atoms. The number of aromatic amines is 1. The van der Waals surface area contributed by atoms with E-state index in [4.69, 9.17) is 5.73 Å². The van der Waals surface area contributed by atoms with E-state index in [0.29, 0.717) is 11.5 Å². The monoisotopic (exact) mass is 288 g/mol. The molecule has 84 valence electrons. The van der Waals surface area contributed by atoms with Gasteiger partial charge in [0.1, 0.15) is 11.6 Å². The fraction of sp³-hybridized carbons (Fsp3) is 0. The van der Waals surface area contributed by atoms with Crippen molar-refractivity contribution in [3.05, 3.63) is 40.9 Å². The molecule has 0 radical (unpaired) electrons. The number of nitrogens with two attached hydrogens (primary N) is 1. The highest BCUT2D eigenvalue weighted by Crippen LogP contribution is 2.22. The van der Waals surface area contributed by atoms with Gasteiger partial charge in [0.25, 0.3) is 0 Å². The summed E-state index contributed by atoms with van der Waals surface area (Å²) in [5.41, 5.74) is 8.16. The number of halogens is 1. The molecule has 0 fully saturated rings. The number of rotatable bonds is 1. The van der Waals surface area contributed by atoms with Gasteiger partial charge in [0, 0.05) is 10.0 Å². The molecule has 2 heterocycles. The number of anilines is 1. The minimum absolute atomic E-state index is 0.477. The summed E-state index contributed by atoms with van der Waals surface area (Å²) in [5, 5.41) is 0. The van der Waals surface area contributed by atoms with Crippen molar-refractivity contribution in [3.8, 4) is 11.4 Å². The van der Waals surface area contributed by atoms with Crippen LogP contribution in [-0.4, -0.2) is 15.0 Å². The molecule has 0 spiro atoms. The number of pyridine rings is 1. The van der Waals surface area contributed by atoms with E-state index < -0.39 is 0 Å². The summed E-state index contributed by atoms with van der Waals surface area (Å²) in [5.74, 6) is 1.27. The van der Waals surface area contributed by atoms with Gasteiger partial charge in [0.2, 0.25) is 0 Å². The van der Waals surface area contributed by atoms with Crippen LogP contribution in [0.25, 0.3) is 22.6 Å². The number of H-pyrrole nitrogens is 1. The Morgan fingerprint density at radius 3 is 2.82 bits per heavy atom. The number of nitrogens with one attached hydrogen (secondary N) is 1. The second-order valence-electron chi connectivity index (χ2n) is 3.70. The minimum Gasteiger partial charge on any atom is -0.384 e. The second kappa shape index (κ2) is 3.85. The summed E-state index contributed by atoms with van der Waals surface area (Å²) in [7, 11) is 0. The maximum atomic E-state index is 5.62. The Kier molecular flexibility index (Phi) is 2.33. The summed E-state index contributed by atoms with van der Waals surface area (Å²) in [6.45, 7) is 0. The normalized spacial score (nSPS) is 10.9. The Labute approximate surface area is 106 Å². The molecular formula is C12H9BrN4. The zero-order valence-electron chi connectivity index (χ0n) is 8.81. The molecule has 2 aromatic heterocycles. The highest BCUT2D eigenvalue weighted by Gasteiger charge is 2.06. The second-order valence-corrected chi connectivity index (χ2v) is 4.62. The van der Waals surface area contributed by atoms with E-state index >= 15 is 0 Å².